The maximum Gasteiger partial charge on any atom is 0.254 e. The maximum absolute atomic E-state index is 13.7. The van der Waals surface area contributed by atoms with Gasteiger partial charge in [0, 0.05) is 17.0 Å². The summed E-state index contributed by atoms with van der Waals surface area (Å²) < 4.78 is 26.8. The molecule has 1 aromatic heterocycles. The molecule has 0 spiro atoms. The van der Waals surface area contributed by atoms with Crippen molar-refractivity contribution in [3.8, 4) is 0 Å². The van der Waals surface area contributed by atoms with Gasteiger partial charge < -0.3 is 15.5 Å². The van der Waals surface area contributed by atoms with E-state index < -0.39 is 29.4 Å². The molecular formula is C23H22F2N4O3S. The summed E-state index contributed by atoms with van der Waals surface area (Å²) in [4.78, 5) is 42.9. The average molecular weight is 473 g/mol. The number of amides is 3. The van der Waals surface area contributed by atoms with Crippen molar-refractivity contribution in [2.45, 2.75) is 26.3 Å². The van der Waals surface area contributed by atoms with Gasteiger partial charge in [-0.25, -0.2) is 13.8 Å². The van der Waals surface area contributed by atoms with Crippen LogP contribution in [0.3, 0.4) is 0 Å². The highest BCUT2D eigenvalue weighted by molar-refractivity contribution is 7.13. The molecule has 2 N–H and O–H groups in total. The van der Waals surface area contributed by atoms with E-state index in [-0.39, 0.29) is 35.4 Å². The van der Waals surface area contributed by atoms with E-state index in [2.05, 4.69) is 15.6 Å². The minimum Gasteiger partial charge on any atom is -0.327 e. The van der Waals surface area contributed by atoms with Crippen LogP contribution in [0.25, 0.3) is 0 Å². The topological polar surface area (TPSA) is 91.4 Å². The van der Waals surface area contributed by atoms with E-state index in [4.69, 9.17) is 0 Å². The second-order valence-electron chi connectivity index (χ2n) is 7.43. The Hall–Kier alpha value is -3.66. The molecule has 7 nitrogen and oxygen atoms in total. The van der Waals surface area contributed by atoms with Gasteiger partial charge in [0.25, 0.3) is 5.91 Å². The van der Waals surface area contributed by atoms with Gasteiger partial charge in [0.15, 0.2) is 5.13 Å². The number of carbonyl (C=O) groups is 3. The van der Waals surface area contributed by atoms with Crippen LogP contribution in [0.2, 0.25) is 0 Å². The van der Waals surface area contributed by atoms with Crippen LogP contribution in [-0.2, 0) is 16.0 Å². The summed E-state index contributed by atoms with van der Waals surface area (Å²) in [5.41, 5.74) is 0.758. The lowest BCUT2D eigenvalue weighted by Crippen LogP contribution is -2.42. The van der Waals surface area contributed by atoms with Crippen molar-refractivity contribution in [1.82, 2.24) is 9.88 Å². The molecule has 0 saturated carbocycles. The van der Waals surface area contributed by atoms with E-state index in [1.807, 2.05) is 0 Å². The summed E-state index contributed by atoms with van der Waals surface area (Å²) in [5, 5.41) is 6.97. The summed E-state index contributed by atoms with van der Waals surface area (Å²) in [7, 11) is 0. The van der Waals surface area contributed by atoms with E-state index in [9.17, 15) is 23.2 Å². The van der Waals surface area contributed by atoms with Gasteiger partial charge in [-0.15, -0.1) is 11.3 Å². The van der Waals surface area contributed by atoms with E-state index in [0.717, 1.165) is 11.3 Å². The fraction of sp³-hybridized carbons (Fsp3) is 0.217. The summed E-state index contributed by atoms with van der Waals surface area (Å²) in [6, 6.07) is 10.7. The van der Waals surface area contributed by atoms with Crippen molar-refractivity contribution in [3.63, 3.8) is 0 Å². The Morgan fingerprint density at radius 1 is 1.00 bits per heavy atom. The number of carbonyl (C=O) groups excluding carboxylic acids is 3. The summed E-state index contributed by atoms with van der Waals surface area (Å²) in [6.07, 6.45) is -0.0954. The van der Waals surface area contributed by atoms with Crippen molar-refractivity contribution in [2.24, 2.45) is 0 Å². The summed E-state index contributed by atoms with van der Waals surface area (Å²) >= 11 is 1.13. The van der Waals surface area contributed by atoms with Crippen LogP contribution in [0, 0.1) is 11.6 Å². The predicted octanol–water partition coefficient (Wildman–Crippen LogP) is 4.09. The van der Waals surface area contributed by atoms with E-state index in [1.165, 1.54) is 47.4 Å². The van der Waals surface area contributed by atoms with Crippen molar-refractivity contribution in [2.75, 3.05) is 17.2 Å². The van der Waals surface area contributed by atoms with Crippen molar-refractivity contribution in [1.29, 1.82) is 0 Å². The Balaban J connectivity index is 1.57. The van der Waals surface area contributed by atoms with E-state index >= 15 is 0 Å². The van der Waals surface area contributed by atoms with Gasteiger partial charge in [-0.3, -0.25) is 14.4 Å². The molecule has 3 aromatic rings. The van der Waals surface area contributed by atoms with Gasteiger partial charge in [0.2, 0.25) is 11.8 Å². The first-order valence-electron chi connectivity index (χ1n) is 10.1. The number of thiazole rings is 1. The molecule has 33 heavy (non-hydrogen) atoms. The van der Waals surface area contributed by atoms with Crippen LogP contribution in [-0.4, -0.2) is 40.2 Å². The van der Waals surface area contributed by atoms with Gasteiger partial charge in [-0.1, -0.05) is 12.1 Å². The summed E-state index contributed by atoms with van der Waals surface area (Å²) in [5.74, 6) is -2.30. The highest BCUT2D eigenvalue weighted by Crippen LogP contribution is 2.18. The van der Waals surface area contributed by atoms with Gasteiger partial charge in [-0.2, -0.15) is 0 Å². The van der Waals surface area contributed by atoms with Crippen LogP contribution in [0.5, 0.6) is 0 Å². The summed E-state index contributed by atoms with van der Waals surface area (Å²) in [6.45, 7) is 3.31. The standard InChI is InChI=1S/C23H22F2N4O3S/c1-14(2)29(22(32)15-7-9-16(24)10-8-15)12-21(31)28-23-26-17(13-33-23)11-20(30)27-19-6-4-3-5-18(19)25/h3-10,13-14H,11-12H2,1-2H3,(H,27,30)(H,26,28,31). The van der Waals surface area contributed by atoms with E-state index in [1.54, 1.807) is 25.3 Å². The third-order valence-corrected chi connectivity index (χ3v) is 5.38. The molecule has 3 rings (SSSR count). The third-order valence-electron chi connectivity index (χ3n) is 4.58. The normalized spacial score (nSPS) is 10.7. The molecule has 0 atom stereocenters. The maximum atomic E-state index is 13.7. The lowest BCUT2D eigenvalue weighted by atomic mass is 10.1. The first-order valence-corrected chi connectivity index (χ1v) is 11.0. The molecule has 0 aliphatic rings. The fourth-order valence-corrected chi connectivity index (χ4v) is 3.65. The van der Waals surface area contributed by atoms with Crippen molar-refractivity contribution >= 4 is 39.9 Å². The molecule has 172 valence electrons. The van der Waals surface area contributed by atoms with Gasteiger partial charge in [-0.05, 0) is 50.2 Å². The fourth-order valence-electron chi connectivity index (χ4n) is 2.93. The Morgan fingerprint density at radius 3 is 2.36 bits per heavy atom. The average Bonchev–Trinajstić information content (AvgIpc) is 3.20. The number of benzene rings is 2. The molecule has 3 amide bonds. The minimum atomic E-state index is -0.540. The van der Waals surface area contributed by atoms with Crippen LogP contribution >= 0.6 is 11.3 Å². The molecule has 0 radical (unpaired) electrons. The lowest BCUT2D eigenvalue weighted by molar-refractivity contribution is -0.117. The number of hydrogen-bond donors (Lipinski definition) is 2. The molecular weight excluding hydrogens is 450 g/mol. The Labute approximate surface area is 193 Å². The quantitative estimate of drug-likeness (QED) is 0.517. The van der Waals surface area contributed by atoms with E-state index in [0.29, 0.717) is 5.69 Å². The molecule has 0 fully saturated rings. The first kappa shape index (κ1) is 24.0. The van der Waals surface area contributed by atoms with Gasteiger partial charge in [0.1, 0.15) is 18.2 Å². The number of para-hydroxylation sites is 1. The number of nitrogens with zero attached hydrogens (tertiary/aromatic N) is 2. The number of halogens is 2. The third kappa shape index (κ3) is 6.66. The highest BCUT2D eigenvalue weighted by Gasteiger charge is 2.22. The second-order valence-corrected chi connectivity index (χ2v) is 8.29. The van der Waals surface area contributed by atoms with Crippen LogP contribution in [0.4, 0.5) is 19.6 Å². The Bertz CT molecular complexity index is 1150. The molecule has 2 aromatic carbocycles. The monoisotopic (exact) mass is 472 g/mol. The SMILES string of the molecule is CC(C)N(CC(=O)Nc1nc(CC(=O)Nc2ccccc2F)cs1)C(=O)c1ccc(F)cc1. The highest BCUT2D eigenvalue weighted by atomic mass is 32.1. The van der Waals surface area contributed by atoms with Gasteiger partial charge in [0.05, 0.1) is 17.8 Å². The molecule has 1 heterocycles. The van der Waals surface area contributed by atoms with Gasteiger partial charge >= 0.3 is 0 Å². The smallest absolute Gasteiger partial charge is 0.254 e. The van der Waals surface area contributed by atoms with Crippen LogP contribution in [0.15, 0.2) is 53.9 Å². The van der Waals surface area contributed by atoms with Crippen LogP contribution in [0.1, 0.15) is 29.9 Å². The molecule has 0 saturated heterocycles. The first-order chi connectivity index (χ1) is 15.7. The Kier molecular flexibility index (Phi) is 7.83. The van der Waals surface area contributed by atoms with Crippen LogP contribution < -0.4 is 10.6 Å². The zero-order valence-corrected chi connectivity index (χ0v) is 18.8. The second kappa shape index (κ2) is 10.8. The number of nitrogens with one attached hydrogen (secondary N) is 2. The molecule has 0 unspecified atom stereocenters. The number of rotatable bonds is 8. The number of aromatic nitrogens is 1. The zero-order valence-electron chi connectivity index (χ0n) is 18.0. The molecule has 0 aliphatic carbocycles. The largest absolute Gasteiger partial charge is 0.327 e. The lowest BCUT2D eigenvalue weighted by Gasteiger charge is -2.26. The number of hydrogen-bond acceptors (Lipinski definition) is 5. The van der Waals surface area contributed by atoms with Crippen molar-refractivity contribution in [3.05, 3.63) is 76.8 Å². The minimum absolute atomic E-state index is 0.0749. The Morgan fingerprint density at radius 2 is 1.70 bits per heavy atom. The van der Waals surface area contributed by atoms with Crippen molar-refractivity contribution < 1.29 is 23.2 Å². The predicted molar refractivity (Wildman–Crippen MR) is 122 cm³/mol. The zero-order chi connectivity index (χ0) is 24.0. The molecule has 10 heteroatoms. The molecule has 0 aliphatic heterocycles. The number of anilines is 2. The molecule has 0 bridgehead atoms.